The van der Waals surface area contributed by atoms with E-state index in [0.717, 1.165) is 62.1 Å². The number of benzene rings is 1. The van der Waals surface area contributed by atoms with Crippen molar-refractivity contribution in [2.24, 2.45) is 0 Å². The lowest BCUT2D eigenvalue weighted by Gasteiger charge is -2.36. The van der Waals surface area contributed by atoms with Crippen LogP contribution in [0.4, 0.5) is 11.5 Å². The van der Waals surface area contributed by atoms with Crippen LogP contribution in [0.1, 0.15) is 0 Å². The van der Waals surface area contributed by atoms with E-state index in [0.29, 0.717) is 0 Å². The Morgan fingerprint density at radius 1 is 0.967 bits per heavy atom. The summed E-state index contributed by atoms with van der Waals surface area (Å²) in [6.45, 7) is 6.27. The summed E-state index contributed by atoms with van der Waals surface area (Å²) in [5.41, 5.74) is 3.14. The molecule has 3 aromatic heterocycles. The molecule has 0 aliphatic carbocycles. The molecule has 0 saturated carbocycles. The number of hydrogen-bond donors (Lipinski definition) is 0. The summed E-state index contributed by atoms with van der Waals surface area (Å²) in [5.74, 6) is 1.72. The fourth-order valence-corrected chi connectivity index (χ4v) is 4.46. The molecule has 0 atom stereocenters. The molecule has 4 heterocycles. The molecule has 4 aromatic rings. The third-order valence-corrected chi connectivity index (χ3v) is 6.35. The highest BCUT2D eigenvalue weighted by atomic mass is 32.1. The molecule has 8 heteroatoms. The first-order chi connectivity index (χ1) is 14.8. The van der Waals surface area contributed by atoms with Gasteiger partial charge in [-0.05, 0) is 35.7 Å². The van der Waals surface area contributed by atoms with Gasteiger partial charge in [0.25, 0.3) is 0 Å². The zero-order chi connectivity index (χ0) is 20.3. The van der Waals surface area contributed by atoms with E-state index in [9.17, 15) is 0 Å². The fraction of sp³-hybridized carbons (Fsp3) is 0.318. The first-order valence-corrected chi connectivity index (χ1v) is 11.2. The van der Waals surface area contributed by atoms with Gasteiger partial charge in [0.2, 0.25) is 0 Å². The van der Waals surface area contributed by atoms with Crippen LogP contribution in [0, 0.1) is 0 Å². The first-order valence-electron chi connectivity index (χ1n) is 10.3. The van der Waals surface area contributed by atoms with Crippen molar-refractivity contribution in [2.45, 2.75) is 0 Å². The largest absolute Gasteiger partial charge is 0.369 e. The van der Waals surface area contributed by atoms with Crippen LogP contribution in [0.15, 0.2) is 59.3 Å². The standard InChI is InChI=1S/C22H25N7S/c1-26(10-11-27-12-14-28(15-13-27)19-5-3-2-4-6-19)21-8-7-20-23-24-22(29(20)25-21)18-9-16-30-17-18/h2-9,16-17H,10-15H2,1H3. The summed E-state index contributed by atoms with van der Waals surface area (Å²) in [7, 11) is 2.10. The maximum Gasteiger partial charge on any atom is 0.186 e. The lowest BCUT2D eigenvalue weighted by molar-refractivity contribution is 0.263. The van der Waals surface area contributed by atoms with Crippen LogP contribution in [0.2, 0.25) is 0 Å². The van der Waals surface area contributed by atoms with E-state index in [2.05, 4.69) is 67.7 Å². The minimum absolute atomic E-state index is 0.769. The predicted molar refractivity (Wildman–Crippen MR) is 122 cm³/mol. The molecule has 0 amide bonds. The van der Waals surface area contributed by atoms with Crippen molar-refractivity contribution in [3.63, 3.8) is 0 Å². The summed E-state index contributed by atoms with van der Waals surface area (Å²) in [6, 6.07) is 16.7. The Balaban J connectivity index is 1.20. The number of hydrogen-bond acceptors (Lipinski definition) is 7. The Bertz CT molecular complexity index is 1090. The van der Waals surface area contributed by atoms with E-state index in [4.69, 9.17) is 5.10 Å². The quantitative estimate of drug-likeness (QED) is 0.479. The van der Waals surface area contributed by atoms with Gasteiger partial charge in [-0.1, -0.05) is 18.2 Å². The molecular formula is C22H25N7S. The van der Waals surface area contributed by atoms with Crippen LogP contribution in [-0.4, -0.2) is 71.0 Å². The van der Waals surface area contributed by atoms with Crippen molar-refractivity contribution in [1.29, 1.82) is 0 Å². The molecule has 1 aliphatic heterocycles. The molecular weight excluding hydrogens is 394 g/mol. The highest BCUT2D eigenvalue weighted by molar-refractivity contribution is 7.08. The SMILES string of the molecule is CN(CCN1CCN(c2ccccc2)CC1)c1ccc2nnc(-c3ccsc3)n2n1. The third kappa shape index (κ3) is 3.88. The molecule has 0 radical (unpaired) electrons. The second-order valence-corrected chi connectivity index (χ2v) is 8.36. The van der Waals surface area contributed by atoms with E-state index in [1.807, 2.05) is 28.1 Å². The van der Waals surface area contributed by atoms with Gasteiger partial charge in [0.05, 0.1) is 0 Å². The van der Waals surface area contributed by atoms with E-state index in [1.54, 1.807) is 11.3 Å². The van der Waals surface area contributed by atoms with Crippen LogP contribution >= 0.6 is 11.3 Å². The maximum absolute atomic E-state index is 4.80. The number of likely N-dealkylation sites (N-methyl/N-ethyl adjacent to an activating group) is 1. The number of fused-ring (bicyclic) bond motifs is 1. The summed E-state index contributed by atoms with van der Waals surface area (Å²) in [5, 5.41) is 17.5. The van der Waals surface area contributed by atoms with Crippen LogP contribution in [-0.2, 0) is 0 Å². The van der Waals surface area contributed by atoms with Gasteiger partial charge >= 0.3 is 0 Å². The molecule has 7 nitrogen and oxygen atoms in total. The molecule has 0 spiro atoms. The zero-order valence-electron chi connectivity index (χ0n) is 17.1. The molecule has 5 rings (SSSR count). The summed E-state index contributed by atoms with van der Waals surface area (Å²) >= 11 is 1.65. The van der Waals surface area contributed by atoms with E-state index >= 15 is 0 Å². The minimum Gasteiger partial charge on any atom is -0.369 e. The number of aromatic nitrogens is 4. The Morgan fingerprint density at radius 2 is 1.80 bits per heavy atom. The van der Waals surface area contributed by atoms with Crippen molar-refractivity contribution < 1.29 is 0 Å². The van der Waals surface area contributed by atoms with Crippen molar-refractivity contribution in [2.75, 3.05) is 56.1 Å². The third-order valence-electron chi connectivity index (χ3n) is 5.66. The van der Waals surface area contributed by atoms with E-state index in [1.165, 1.54) is 5.69 Å². The lowest BCUT2D eigenvalue weighted by atomic mass is 10.2. The number of piperazine rings is 1. The normalized spacial score (nSPS) is 15.0. The zero-order valence-corrected chi connectivity index (χ0v) is 17.9. The van der Waals surface area contributed by atoms with Crippen LogP contribution in [0.25, 0.3) is 17.0 Å². The molecule has 1 aromatic carbocycles. The highest BCUT2D eigenvalue weighted by Crippen LogP contribution is 2.21. The van der Waals surface area contributed by atoms with E-state index in [-0.39, 0.29) is 0 Å². The van der Waals surface area contributed by atoms with Crippen LogP contribution in [0.3, 0.4) is 0 Å². The molecule has 1 fully saturated rings. The minimum atomic E-state index is 0.769. The number of rotatable bonds is 6. The second kappa shape index (κ2) is 8.41. The Hall–Kier alpha value is -2.97. The highest BCUT2D eigenvalue weighted by Gasteiger charge is 2.18. The van der Waals surface area contributed by atoms with Crippen molar-refractivity contribution in [1.82, 2.24) is 24.7 Å². The van der Waals surface area contributed by atoms with Gasteiger partial charge < -0.3 is 9.80 Å². The van der Waals surface area contributed by atoms with Gasteiger partial charge in [0, 0.05) is 62.9 Å². The number of nitrogens with zero attached hydrogens (tertiary/aromatic N) is 7. The van der Waals surface area contributed by atoms with Gasteiger partial charge in [-0.3, -0.25) is 4.90 Å². The molecule has 1 aliphatic rings. The smallest absolute Gasteiger partial charge is 0.186 e. The van der Waals surface area contributed by atoms with Crippen molar-refractivity contribution >= 4 is 28.5 Å². The van der Waals surface area contributed by atoms with Gasteiger partial charge in [-0.25, -0.2) is 0 Å². The predicted octanol–water partition coefficient (Wildman–Crippen LogP) is 3.11. The first kappa shape index (κ1) is 19.0. The van der Waals surface area contributed by atoms with Crippen LogP contribution in [0.5, 0.6) is 0 Å². The average molecular weight is 420 g/mol. The summed E-state index contributed by atoms with van der Waals surface area (Å²) in [6.07, 6.45) is 0. The number of thiophene rings is 1. The van der Waals surface area contributed by atoms with Crippen molar-refractivity contribution in [3.8, 4) is 11.4 Å². The second-order valence-electron chi connectivity index (χ2n) is 7.58. The summed E-state index contributed by atoms with van der Waals surface area (Å²) in [4.78, 5) is 7.21. The maximum atomic E-state index is 4.80. The number of para-hydroxylation sites is 1. The van der Waals surface area contributed by atoms with Gasteiger partial charge in [0.1, 0.15) is 5.82 Å². The van der Waals surface area contributed by atoms with Crippen molar-refractivity contribution in [3.05, 3.63) is 59.3 Å². The molecule has 154 valence electrons. The number of anilines is 2. The van der Waals surface area contributed by atoms with Gasteiger partial charge in [0.15, 0.2) is 11.5 Å². The Kier molecular flexibility index (Phi) is 5.33. The molecule has 0 unspecified atom stereocenters. The van der Waals surface area contributed by atoms with Gasteiger partial charge in [-0.15, -0.1) is 15.3 Å². The van der Waals surface area contributed by atoms with Crippen LogP contribution < -0.4 is 9.80 Å². The lowest BCUT2D eigenvalue weighted by Crippen LogP contribution is -2.48. The molecule has 0 bridgehead atoms. The Labute approximate surface area is 180 Å². The average Bonchev–Trinajstić information content (AvgIpc) is 3.47. The molecule has 0 N–H and O–H groups in total. The molecule has 30 heavy (non-hydrogen) atoms. The van der Waals surface area contributed by atoms with E-state index < -0.39 is 0 Å². The molecule has 1 saturated heterocycles. The topological polar surface area (TPSA) is 52.8 Å². The Morgan fingerprint density at radius 3 is 2.57 bits per heavy atom. The van der Waals surface area contributed by atoms with Gasteiger partial charge in [-0.2, -0.15) is 15.9 Å². The fourth-order valence-electron chi connectivity index (χ4n) is 3.83. The summed E-state index contributed by atoms with van der Waals surface area (Å²) < 4.78 is 1.84. The monoisotopic (exact) mass is 419 g/mol.